The Morgan fingerprint density at radius 3 is 2.60 bits per heavy atom. The molecule has 0 aromatic heterocycles. The summed E-state index contributed by atoms with van der Waals surface area (Å²) in [6.07, 6.45) is 2.01. The lowest BCUT2D eigenvalue weighted by Crippen LogP contribution is -2.22. The van der Waals surface area contributed by atoms with E-state index in [4.69, 9.17) is 4.74 Å². The first-order chi connectivity index (χ1) is 9.72. The summed E-state index contributed by atoms with van der Waals surface area (Å²) in [6.45, 7) is 0.486. The second-order valence-corrected chi connectivity index (χ2v) is 5.14. The molecule has 1 N–H and O–H groups in total. The van der Waals surface area contributed by atoms with E-state index in [0.29, 0.717) is 12.1 Å². The number of carbonyl (C=O) groups excluding carboxylic acids is 1. The van der Waals surface area contributed by atoms with Crippen molar-refractivity contribution in [2.24, 2.45) is 0 Å². The molecule has 2 aromatic rings. The van der Waals surface area contributed by atoms with Crippen LogP contribution >= 0.6 is 11.8 Å². The summed E-state index contributed by atoms with van der Waals surface area (Å²) >= 11 is 1.66. The maximum atomic E-state index is 12.0. The number of amides is 1. The molecule has 0 saturated heterocycles. The van der Waals surface area contributed by atoms with Crippen LogP contribution in [0.15, 0.2) is 53.4 Å². The fourth-order valence-corrected chi connectivity index (χ4v) is 2.22. The molecule has 2 rings (SSSR count). The number of rotatable bonds is 5. The highest BCUT2D eigenvalue weighted by molar-refractivity contribution is 7.98. The number of thioether (sulfide) groups is 1. The summed E-state index contributed by atoms with van der Waals surface area (Å²) in [5, 5.41) is 2.90. The maximum absolute atomic E-state index is 12.0. The van der Waals surface area contributed by atoms with Crippen LogP contribution in [0, 0.1) is 0 Å². The van der Waals surface area contributed by atoms with Crippen LogP contribution < -0.4 is 10.1 Å². The third-order valence-electron chi connectivity index (χ3n) is 2.94. The number of methoxy groups -OCH3 is 1. The molecule has 0 heterocycles. The summed E-state index contributed by atoms with van der Waals surface area (Å²) in [6, 6.07) is 15.2. The number of benzene rings is 2. The van der Waals surface area contributed by atoms with E-state index in [1.165, 1.54) is 0 Å². The predicted molar refractivity (Wildman–Crippen MR) is 82.4 cm³/mol. The minimum atomic E-state index is -0.0690. The molecule has 0 fully saturated rings. The quantitative estimate of drug-likeness (QED) is 0.857. The first-order valence-corrected chi connectivity index (χ1v) is 7.50. The first kappa shape index (κ1) is 14.5. The predicted octanol–water partition coefficient (Wildman–Crippen LogP) is 3.35. The number of carbonyl (C=O) groups is 1. The summed E-state index contributed by atoms with van der Waals surface area (Å²) in [5.41, 5.74) is 1.68. The molecule has 20 heavy (non-hydrogen) atoms. The minimum absolute atomic E-state index is 0.0690. The second kappa shape index (κ2) is 7.01. The van der Waals surface area contributed by atoms with Gasteiger partial charge in [0.2, 0.25) is 0 Å². The van der Waals surface area contributed by atoms with Gasteiger partial charge in [-0.05, 0) is 48.2 Å². The van der Waals surface area contributed by atoms with Crippen molar-refractivity contribution in [1.29, 1.82) is 0 Å². The van der Waals surface area contributed by atoms with Crippen LogP contribution in [0.25, 0.3) is 0 Å². The normalized spacial score (nSPS) is 10.1. The SMILES string of the molecule is COc1cccc(CNC(=O)c2ccc(SC)cc2)c1. The standard InChI is InChI=1S/C16H17NO2S/c1-19-14-5-3-4-12(10-14)11-17-16(18)13-6-8-15(20-2)9-7-13/h3-10H,11H2,1-2H3,(H,17,18). The Bertz CT molecular complexity index is 581. The Morgan fingerprint density at radius 1 is 1.20 bits per heavy atom. The lowest BCUT2D eigenvalue weighted by Gasteiger charge is -2.07. The van der Waals surface area contributed by atoms with Gasteiger partial charge in [-0.25, -0.2) is 0 Å². The van der Waals surface area contributed by atoms with E-state index in [-0.39, 0.29) is 5.91 Å². The Kier molecular flexibility index (Phi) is 5.07. The van der Waals surface area contributed by atoms with Crippen LogP contribution in [0.3, 0.4) is 0 Å². The fourth-order valence-electron chi connectivity index (χ4n) is 1.81. The van der Waals surface area contributed by atoms with E-state index in [0.717, 1.165) is 16.2 Å². The molecular formula is C16H17NO2S. The molecule has 4 heteroatoms. The van der Waals surface area contributed by atoms with Crippen LogP contribution in [-0.4, -0.2) is 19.3 Å². The lowest BCUT2D eigenvalue weighted by molar-refractivity contribution is 0.0951. The van der Waals surface area contributed by atoms with Crippen molar-refractivity contribution in [3.05, 3.63) is 59.7 Å². The lowest BCUT2D eigenvalue weighted by atomic mass is 10.2. The Balaban J connectivity index is 1.97. The molecule has 3 nitrogen and oxygen atoms in total. The summed E-state index contributed by atoms with van der Waals surface area (Å²) in [7, 11) is 1.63. The zero-order valence-corrected chi connectivity index (χ0v) is 12.4. The summed E-state index contributed by atoms with van der Waals surface area (Å²) in [5.74, 6) is 0.724. The molecule has 0 bridgehead atoms. The maximum Gasteiger partial charge on any atom is 0.251 e. The van der Waals surface area contributed by atoms with Gasteiger partial charge in [0, 0.05) is 17.0 Å². The summed E-state index contributed by atoms with van der Waals surface area (Å²) < 4.78 is 5.16. The number of ether oxygens (including phenoxy) is 1. The van der Waals surface area contributed by atoms with Crippen molar-refractivity contribution in [2.45, 2.75) is 11.4 Å². The first-order valence-electron chi connectivity index (χ1n) is 6.28. The van der Waals surface area contributed by atoms with Gasteiger partial charge < -0.3 is 10.1 Å². The van der Waals surface area contributed by atoms with Gasteiger partial charge in [0.1, 0.15) is 5.75 Å². The van der Waals surface area contributed by atoms with Gasteiger partial charge >= 0.3 is 0 Å². The van der Waals surface area contributed by atoms with Crippen LogP contribution in [0.1, 0.15) is 15.9 Å². The van der Waals surface area contributed by atoms with Crippen LogP contribution in [-0.2, 0) is 6.54 Å². The highest BCUT2D eigenvalue weighted by Gasteiger charge is 2.05. The molecule has 0 spiro atoms. The fraction of sp³-hybridized carbons (Fsp3) is 0.188. The highest BCUT2D eigenvalue weighted by atomic mass is 32.2. The molecule has 0 aliphatic carbocycles. The van der Waals surface area contributed by atoms with Crippen LogP contribution in [0.4, 0.5) is 0 Å². The Hall–Kier alpha value is -1.94. The van der Waals surface area contributed by atoms with E-state index in [1.54, 1.807) is 18.9 Å². The summed E-state index contributed by atoms with van der Waals surface area (Å²) in [4.78, 5) is 13.2. The van der Waals surface area contributed by atoms with E-state index in [1.807, 2.05) is 54.8 Å². The zero-order valence-electron chi connectivity index (χ0n) is 11.6. The molecule has 0 aliphatic rings. The van der Waals surface area contributed by atoms with Gasteiger partial charge in [0.15, 0.2) is 0 Å². The Morgan fingerprint density at radius 2 is 1.95 bits per heavy atom. The van der Waals surface area contributed by atoms with Crippen molar-refractivity contribution >= 4 is 17.7 Å². The molecule has 0 unspecified atom stereocenters. The molecule has 0 atom stereocenters. The van der Waals surface area contributed by atoms with E-state index >= 15 is 0 Å². The van der Waals surface area contributed by atoms with Crippen molar-refractivity contribution in [3.8, 4) is 5.75 Å². The number of hydrogen-bond acceptors (Lipinski definition) is 3. The van der Waals surface area contributed by atoms with Gasteiger partial charge in [-0.1, -0.05) is 12.1 Å². The largest absolute Gasteiger partial charge is 0.497 e. The molecule has 1 amide bonds. The van der Waals surface area contributed by atoms with E-state index in [2.05, 4.69) is 5.32 Å². The molecule has 104 valence electrons. The van der Waals surface area contributed by atoms with Crippen LogP contribution in [0.2, 0.25) is 0 Å². The number of nitrogens with one attached hydrogen (secondary N) is 1. The van der Waals surface area contributed by atoms with Gasteiger partial charge in [-0.3, -0.25) is 4.79 Å². The molecular weight excluding hydrogens is 270 g/mol. The average molecular weight is 287 g/mol. The monoisotopic (exact) mass is 287 g/mol. The van der Waals surface area contributed by atoms with Crippen LogP contribution in [0.5, 0.6) is 5.75 Å². The van der Waals surface area contributed by atoms with Gasteiger partial charge in [0.25, 0.3) is 5.91 Å². The third kappa shape index (κ3) is 3.78. The topological polar surface area (TPSA) is 38.3 Å². The molecule has 2 aromatic carbocycles. The molecule has 0 aliphatic heterocycles. The smallest absolute Gasteiger partial charge is 0.251 e. The number of hydrogen-bond donors (Lipinski definition) is 1. The van der Waals surface area contributed by atoms with Crippen molar-refractivity contribution in [2.75, 3.05) is 13.4 Å². The van der Waals surface area contributed by atoms with Crippen molar-refractivity contribution in [1.82, 2.24) is 5.32 Å². The zero-order chi connectivity index (χ0) is 14.4. The van der Waals surface area contributed by atoms with Crippen molar-refractivity contribution < 1.29 is 9.53 Å². The van der Waals surface area contributed by atoms with E-state index < -0.39 is 0 Å². The average Bonchev–Trinajstić information content (AvgIpc) is 2.53. The minimum Gasteiger partial charge on any atom is -0.497 e. The molecule has 0 saturated carbocycles. The molecule has 0 radical (unpaired) electrons. The highest BCUT2D eigenvalue weighted by Crippen LogP contribution is 2.15. The van der Waals surface area contributed by atoms with Crippen molar-refractivity contribution in [3.63, 3.8) is 0 Å². The van der Waals surface area contributed by atoms with Gasteiger partial charge in [-0.2, -0.15) is 0 Å². The van der Waals surface area contributed by atoms with Gasteiger partial charge in [0.05, 0.1) is 7.11 Å². The second-order valence-electron chi connectivity index (χ2n) is 4.26. The Labute approximate surface area is 123 Å². The van der Waals surface area contributed by atoms with Gasteiger partial charge in [-0.15, -0.1) is 11.8 Å². The third-order valence-corrected chi connectivity index (χ3v) is 3.68. The van der Waals surface area contributed by atoms with E-state index in [9.17, 15) is 4.79 Å².